The summed E-state index contributed by atoms with van der Waals surface area (Å²) >= 11 is 0. The number of carbonyl (C=O) groups is 1. The Bertz CT molecular complexity index is 1120. The number of anilines is 3. The first-order valence-corrected chi connectivity index (χ1v) is 11.6. The van der Waals surface area contributed by atoms with Crippen molar-refractivity contribution in [2.24, 2.45) is 23.2 Å². The zero-order chi connectivity index (χ0) is 21.7. The summed E-state index contributed by atoms with van der Waals surface area (Å²) in [5.74, 6) is 4.86. The number of benzene rings is 1. The lowest BCUT2D eigenvalue weighted by atomic mass is 9.49. The molecule has 0 saturated heterocycles. The second-order valence-electron chi connectivity index (χ2n) is 9.96. The van der Waals surface area contributed by atoms with Crippen LogP contribution in [0.4, 0.5) is 17.2 Å². The Balaban J connectivity index is 1.14. The van der Waals surface area contributed by atoms with E-state index in [0.29, 0.717) is 5.82 Å². The molecule has 0 radical (unpaired) electrons. The molecule has 2 heterocycles. The molecular formula is C25H28N6O. The summed E-state index contributed by atoms with van der Waals surface area (Å²) < 4.78 is 1.91. The number of rotatable bonds is 5. The molecule has 4 fully saturated rings. The maximum atomic E-state index is 13.3. The van der Waals surface area contributed by atoms with Crippen LogP contribution in [0, 0.1) is 30.1 Å². The van der Waals surface area contributed by atoms with Crippen LogP contribution in [0.15, 0.2) is 49.1 Å². The summed E-state index contributed by atoms with van der Waals surface area (Å²) in [5.41, 5.74) is 1.63. The van der Waals surface area contributed by atoms with E-state index in [2.05, 4.69) is 25.6 Å². The molecule has 7 rings (SSSR count). The number of hydrogen-bond donors (Lipinski definition) is 2. The first-order chi connectivity index (χ1) is 15.6. The van der Waals surface area contributed by atoms with Gasteiger partial charge >= 0.3 is 0 Å². The molecular weight excluding hydrogens is 400 g/mol. The lowest BCUT2D eigenvalue weighted by Gasteiger charge is -2.55. The molecule has 7 heteroatoms. The smallest absolute Gasteiger partial charge is 0.230 e. The Hall–Kier alpha value is -3.22. The van der Waals surface area contributed by atoms with Crippen molar-refractivity contribution < 1.29 is 4.79 Å². The van der Waals surface area contributed by atoms with Crippen molar-refractivity contribution in [1.82, 2.24) is 19.5 Å². The van der Waals surface area contributed by atoms with Crippen LogP contribution >= 0.6 is 0 Å². The molecule has 4 aliphatic rings. The number of nitrogens with one attached hydrogen (secondary N) is 2. The van der Waals surface area contributed by atoms with Gasteiger partial charge in [0.2, 0.25) is 5.91 Å². The summed E-state index contributed by atoms with van der Waals surface area (Å²) in [6, 6.07) is 9.75. The average Bonchev–Trinajstić information content (AvgIpc) is 3.20. The minimum atomic E-state index is -0.130. The van der Waals surface area contributed by atoms with Crippen molar-refractivity contribution in [3.05, 3.63) is 54.9 Å². The highest BCUT2D eigenvalue weighted by Crippen LogP contribution is 2.60. The van der Waals surface area contributed by atoms with Gasteiger partial charge in [-0.05, 0) is 87.5 Å². The maximum absolute atomic E-state index is 13.3. The largest absolute Gasteiger partial charge is 0.340 e. The molecule has 4 bridgehead atoms. The molecule has 4 aliphatic carbocycles. The molecule has 0 atom stereocenters. The van der Waals surface area contributed by atoms with Crippen LogP contribution in [-0.4, -0.2) is 25.4 Å². The van der Waals surface area contributed by atoms with Gasteiger partial charge in [0.1, 0.15) is 23.8 Å². The summed E-state index contributed by atoms with van der Waals surface area (Å²) in [6.45, 7) is 1.94. The molecule has 0 aliphatic heterocycles. The molecule has 1 aromatic carbocycles. The van der Waals surface area contributed by atoms with Crippen LogP contribution in [0.2, 0.25) is 0 Å². The van der Waals surface area contributed by atoms with E-state index in [0.717, 1.165) is 60.0 Å². The zero-order valence-electron chi connectivity index (χ0n) is 18.3. The average molecular weight is 429 g/mol. The monoisotopic (exact) mass is 428 g/mol. The lowest BCUT2D eigenvalue weighted by Crippen LogP contribution is -2.51. The second kappa shape index (κ2) is 7.43. The third-order valence-electron chi connectivity index (χ3n) is 7.66. The Morgan fingerprint density at radius 1 is 0.969 bits per heavy atom. The Morgan fingerprint density at radius 2 is 1.62 bits per heavy atom. The summed E-state index contributed by atoms with van der Waals surface area (Å²) in [4.78, 5) is 26.2. The van der Waals surface area contributed by atoms with E-state index in [1.807, 2.05) is 48.0 Å². The number of amides is 1. The Morgan fingerprint density at radius 3 is 2.25 bits per heavy atom. The normalized spacial score (nSPS) is 28.0. The van der Waals surface area contributed by atoms with E-state index >= 15 is 0 Å². The van der Waals surface area contributed by atoms with Gasteiger partial charge in [-0.1, -0.05) is 0 Å². The number of imidazole rings is 1. The van der Waals surface area contributed by atoms with Gasteiger partial charge in [-0.3, -0.25) is 9.36 Å². The van der Waals surface area contributed by atoms with Gasteiger partial charge in [-0.15, -0.1) is 0 Å². The van der Waals surface area contributed by atoms with E-state index < -0.39 is 0 Å². The van der Waals surface area contributed by atoms with Gasteiger partial charge in [-0.25, -0.2) is 15.0 Å². The summed E-state index contributed by atoms with van der Waals surface area (Å²) in [7, 11) is 0. The van der Waals surface area contributed by atoms with E-state index in [-0.39, 0.29) is 11.3 Å². The SMILES string of the molecule is Cc1nccn1-c1cc(Nc2ccc(NC(=O)C34CC5CC(CC(C5)C3)C4)cc2)ncn1. The second-order valence-corrected chi connectivity index (χ2v) is 9.96. The maximum Gasteiger partial charge on any atom is 0.230 e. The quantitative estimate of drug-likeness (QED) is 0.606. The number of aryl methyl sites for hydroxylation is 1. The van der Waals surface area contributed by atoms with Gasteiger partial charge in [0.15, 0.2) is 0 Å². The van der Waals surface area contributed by atoms with Crippen molar-refractivity contribution in [1.29, 1.82) is 0 Å². The van der Waals surface area contributed by atoms with Crippen LogP contribution in [0.25, 0.3) is 5.82 Å². The molecule has 2 aromatic heterocycles. The molecule has 1 amide bonds. The fraction of sp³-hybridized carbons (Fsp3) is 0.440. The van der Waals surface area contributed by atoms with E-state index in [4.69, 9.17) is 0 Å². The van der Waals surface area contributed by atoms with Crippen LogP contribution in [0.1, 0.15) is 44.3 Å². The van der Waals surface area contributed by atoms with Crippen molar-refractivity contribution in [3.63, 3.8) is 0 Å². The first-order valence-electron chi connectivity index (χ1n) is 11.6. The molecule has 32 heavy (non-hydrogen) atoms. The van der Waals surface area contributed by atoms with Gasteiger partial charge in [0.05, 0.1) is 5.41 Å². The zero-order valence-corrected chi connectivity index (χ0v) is 18.3. The molecule has 0 unspecified atom stereocenters. The predicted octanol–water partition coefficient (Wildman–Crippen LogP) is 4.87. The van der Waals surface area contributed by atoms with Gasteiger partial charge in [0.25, 0.3) is 0 Å². The number of aromatic nitrogens is 4. The highest BCUT2D eigenvalue weighted by molar-refractivity contribution is 5.95. The number of hydrogen-bond acceptors (Lipinski definition) is 5. The molecule has 7 nitrogen and oxygen atoms in total. The third-order valence-corrected chi connectivity index (χ3v) is 7.66. The number of carbonyl (C=O) groups excluding carboxylic acids is 1. The van der Waals surface area contributed by atoms with Crippen molar-refractivity contribution >= 4 is 23.1 Å². The van der Waals surface area contributed by atoms with Crippen molar-refractivity contribution in [2.75, 3.05) is 10.6 Å². The first kappa shape index (κ1) is 19.5. The molecule has 3 aromatic rings. The highest BCUT2D eigenvalue weighted by Gasteiger charge is 2.54. The Labute approximate surface area is 187 Å². The summed E-state index contributed by atoms with van der Waals surface area (Å²) in [6.07, 6.45) is 12.4. The lowest BCUT2D eigenvalue weighted by molar-refractivity contribution is -0.140. The van der Waals surface area contributed by atoms with Crippen molar-refractivity contribution in [2.45, 2.75) is 45.4 Å². The fourth-order valence-electron chi connectivity index (χ4n) is 6.60. The summed E-state index contributed by atoms with van der Waals surface area (Å²) in [5, 5.41) is 6.54. The molecule has 2 N–H and O–H groups in total. The topological polar surface area (TPSA) is 84.7 Å². The van der Waals surface area contributed by atoms with Crippen LogP contribution in [0.3, 0.4) is 0 Å². The molecule has 4 saturated carbocycles. The predicted molar refractivity (Wildman–Crippen MR) is 123 cm³/mol. The van der Waals surface area contributed by atoms with E-state index in [1.54, 1.807) is 6.20 Å². The van der Waals surface area contributed by atoms with Gasteiger partial charge in [-0.2, -0.15) is 0 Å². The number of nitrogens with zero attached hydrogens (tertiary/aromatic N) is 4. The van der Waals surface area contributed by atoms with Gasteiger partial charge < -0.3 is 10.6 Å². The highest BCUT2D eigenvalue weighted by atomic mass is 16.2. The standard InChI is InChI=1S/C25H28N6O/c1-16-26-6-7-31(16)23-11-22(27-15-28-23)29-20-2-4-21(5-3-20)30-24(32)25-12-17-8-18(13-25)10-19(9-17)14-25/h2-7,11,15,17-19H,8-10,12-14H2,1H3,(H,30,32)(H,27,28,29). The van der Waals surface area contributed by atoms with Crippen LogP contribution in [-0.2, 0) is 4.79 Å². The fourth-order valence-corrected chi connectivity index (χ4v) is 6.60. The third kappa shape index (κ3) is 3.45. The van der Waals surface area contributed by atoms with Crippen LogP contribution in [0.5, 0.6) is 0 Å². The minimum Gasteiger partial charge on any atom is -0.340 e. The molecule has 164 valence electrons. The van der Waals surface area contributed by atoms with E-state index in [9.17, 15) is 4.79 Å². The molecule has 0 spiro atoms. The van der Waals surface area contributed by atoms with Crippen LogP contribution < -0.4 is 10.6 Å². The van der Waals surface area contributed by atoms with E-state index in [1.165, 1.54) is 25.6 Å². The minimum absolute atomic E-state index is 0.130. The van der Waals surface area contributed by atoms with Crippen molar-refractivity contribution in [3.8, 4) is 5.82 Å². The van der Waals surface area contributed by atoms with Gasteiger partial charge in [0, 0.05) is 29.8 Å². The Kier molecular flexibility index (Phi) is 4.52.